The first-order chi connectivity index (χ1) is 10.7. The van der Waals surface area contributed by atoms with Crippen LogP contribution in [0.4, 0.5) is 0 Å². The number of amides is 1. The van der Waals surface area contributed by atoms with E-state index in [-0.39, 0.29) is 11.8 Å². The molecule has 1 unspecified atom stereocenters. The molecule has 0 spiro atoms. The third-order valence-electron chi connectivity index (χ3n) is 3.91. The molecule has 2 heterocycles. The number of fused-ring (bicyclic) bond motifs is 1. The Labute approximate surface area is 134 Å². The molecule has 0 radical (unpaired) electrons. The van der Waals surface area contributed by atoms with Crippen molar-refractivity contribution in [3.8, 4) is 11.5 Å². The monoisotopic (exact) mass is 317 g/mol. The van der Waals surface area contributed by atoms with E-state index in [0.29, 0.717) is 19.6 Å². The Bertz CT molecular complexity index is 654. The number of hydrogen-bond acceptors (Lipinski definition) is 4. The van der Waals surface area contributed by atoms with Gasteiger partial charge in [0.05, 0.1) is 13.0 Å². The van der Waals surface area contributed by atoms with Gasteiger partial charge in [-0.3, -0.25) is 4.79 Å². The number of methoxy groups -OCH3 is 1. The number of carbonyl (C=O) groups excluding carboxylic acids is 1. The summed E-state index contributed by atoms with van der Waals surface area (Å²) >= 11 is 1.65. The zero-order valence-corrected chi connectivity index (χ0v) is 13.6. The van der Waals surface area contributed by atoms with Crippen LogP contribution >= 0.6 is 11.3 Å². The summed E-state index contributed by atoms with van der Waals surface area (Å²) in [5.41, 5.74) is 2.23. The molecule has 1 aliphatic heterocycles. The van der Waals surface area contributed by atoms with Gasteiger partial charge in [-0.2, -0.15) is 11.3 Å². The van der Waals surface area contributed by atoms with Gasteiger partial charge in [-0.1, -0.05) is 6.07 Å². The van der Waals surface area contributed by atoms with Gasteiger partial charge < -0.3 is 14.4 Å². The molecule has 3 rings (SSSR count). The maximum Gasteiger partial charge on any atom is 0.229 e. The summed E-state index contributed by atoms with van der Waals surface area (Å²) in [5.74, 6) is 1.61. The molecule has 1 aromatic carbocycles. The van der Waals surface area contributed by atoms with E-state index in [1.54, 1.807) is 23.3 Å². The highest BCUT2D eigenvalue weighted by Gasteiger charge is 2.28. The molecule has 0 aliphatic carbocycles. The maximum absolute atomic E-state index is 12.6. The zero-order valence-electron chi connectivity index (χ0n) is 12.7. The minimum absolute atomic E-state index is 0.121. The minimum atomic E-state index is -0.121. The van der Waals surface area contributed by atoms with Crippen LogP contribution in [0.15, 0.2) is 35.0 Å². The SMILES string of the molecule is COc1ccc2c(c1)OCC(C(=O)N(C)Cc1ccsc1)C2. The van der Waals surface area contributed by atoms with Crippen LogP contribution < -0.4 is 9.47 Å². The van der Waals surface area contributed by atoms with Crippen molar-refractivity contribution in [2.24, 2.45) is 5.92 Å². The lowest BCUT2D eigenvalue weighted by Gasteiger charge is -2.28. The Morgan fingerprint density at radius 3 is 3.05 bits per heavy atom. The molecule has 0 saturated heterocycles. The number of carbonyl (C=O) groups is 1. The molecule has 4 nitrogen and oxygen atoms in total. The van der Waals surface area contributed by atoms with Gasteiger partial charge in [0.1, 0.15) is 18.1 Å². The largest absolute Gasteiger partial charge is 0.497 e. The smallest absolute Gasteiger partial charge is 0.229 e. The summed E-state index contributed by atoms with van der Waals surface area (Å²) in [6, 6.07) is 7.81. The molecule has 1 atom stereocenters. The van der Waals surface area contributed by atoms with Gasteiger partial charge in [0.15, 0.2) is 0 Å². The highest BCUT2D eigenvalue weighted by molar-refractivity contribution is 7.07. The van der Waals surface area contributed by atoms with Crippen molar-refractivity contribution in [1.29, 1.82) is 0 Å². The first-order valence-electron chi connectivity index (χ1n) is 7.23. The van der Waals surface area contributed by atoms with Crippen molar-refractivity contribution < 1.29 is 14.3 Å². The standard InChI is InChI=1S/C17H19NO3S/c1-18(9-12-5-6-22-11-12)17(19)14-7-13-3-4-15(20-2)8-16(13)21-10-14/h3-6,8,11,14H,7,9-10H2,1-2H3. The van der Waals surface area contributed by atoms with Crippen LogP contribution in [0.25, 0.3) is 0 Å². The molecular formula is C17H19NO3S. The Morgan fingerprint density at radius 2 is 2.32 bits per heavy atom. The van der Waals surface area contributed by atoms with Crippen LogP contribution in [0, 0.1) is 5.92 Å². The second-order valence-corrected chi connectivity index (χ2v) is 6.29. The van der Waals surface area contributed by atoms with Crippen molar-refractivity contribution >= 4 is 17.2 Å². The summed E-state index contributed by atoms with van der Waals surface area (Å²) in [4.78, 5) is 14.4. The van der Waals surface area contributed by atoms with Gasteiger partial charge in [0.25, 0.3) is 0 Å². The van der Waals surface area contributed by atoms with E-state index in [1.807, 2.05) is 36.7 Å². The summed E-state index contributed by atoms with van der Waals surface area (Å²) in [6.07, 6.45) is 0.714. The van der Waals surface area contributed by atoms with E-state index in [2.05, 4.69) is 5.38 Å². The third-order valence-corrected chi connectivity index (χ3v) is 4.64. The lowest BCUT2D eigenvalue weighted by Crippen LogP contribution is -2.38. The number of hydrogen-bond donors (Lipinski definition) is 0. The van der Waals surface area contributed by atoms with Crippen molar-refractivity contribution in [2.45, 2.75) is 13.0 Å². The average molecular weight is 317 g/mol. The van der Waals surface area contributed by atoms with E-state index in [9.17, 15) is 4.79 Å². The second-order valence-electron chi connectivity index (χ2n) is 5.51. The maximum atomic E-state index is 12.6. The van der Waals surface area contributed by atoms with Gasteiger partial charge in [0, 0.05) is 19.7 Å². The quantitative estimate of drug-likeness (QED) is 0.870. The summed E-state index contributed by atoms with van der Waals surface area (Å²) in [5, 5.41) is 4.10. The fourth-order valence-electron chi connectivity index (χ4n) is 2.68. The number of thiophene rings is 1. The van der Waals surface area contributed by atoms with E-state index in [4.69, 9.17) is 9.47 Å². The van der Waals surface area contributed by atoms with Crippen LogP contribution in [-0.4, -0.2) is 31.6 Å². The predicted octanol–water partition coefficient (Wildman–Crippen LogP) is 2.97. The molecule has 22 heavy (non-hydrogen) atoms. The summed E-state index contributed by atoms with van der Waals surface area (Å²) in [7, 11) is 3.49. The average Bonchev–Trinajstić information content (AvgIpc) is 3.06. The lowest BCUT2D eigenvalue weighted by molar-refractivity contribution is -0.136. The normalized spacial score (nSPS) is 16.5. The predicted molar refractivity (Wildman–Crippen MR) is 86.5 cm³/mol. The Morgan fingerprint density at radius 1 is 1.45 bits per heavy atom. The fraction of sp³-hybridized carbons (Fsp3) is 0.353. The highest BCUT2D eigenvalue weighted by Crippen LogP contribution is 2.31. The minimum Gasteiger partial charge on any atom is -0.497 e. The topological polar surface area (TPSA) is 38.8 Å². The van der Waals surface area contributed by atoms with Gasteiger partial charge >= 0.3 is 0 Å². The van der Waals surface area contributed by atoms with Crippen LogP contribution in [0.2, 0.25) is 0 Å². The van der Waals surface area contributed by atoms with E-state index < -0.39 is 0 Å². The van der Waals surface area contributed by atoms with Crippen LogP contribution in [0.1, 0.15) is 11.1 Å². The summed E-state index contributed by atoms with van der Waals surface area (Å²) in [6.45, 7) is 1.07. The molecule has 1 aliphatic rings. The van der Waals surface area contributed by atoms with E-state index in [1.165, 1.54) is 5.56 Å². The van der Waals surface area contributed by atoms with Crippen LogP contribution in [0.5, 0.6) is 11.5 Å². The van der Waals surface area contributed by atoms with Gasteiger partial charge in [0.2, 0.25) is 5.91 Å². The molecule has 5 heteroatoms. The van der Waals surface area contributed by atoms with E-state index in [0.717, 1.165) is 17.1 Å². The van der Waals surface area contributed by atoms with Crippen molar-refractivity contribution in [1.82, 2.24) is 4.90 Å². The molecule has 0 N–H and O–H groups in total. The molecule has 0 bridgehead atoms. The second kappa shape index (κ2) is 6.40. The van der Waals surface area contributed by atoms with Crippen LogP contribution in [0.3, 0.4) is 0 Å². The van der Waals surface area contributed by atoms with Crippen molar-refractivity contribution in [3.63, 3.8) is 0 Å². The molecule has 1 amide bonds. The van der Waals surface area contributed by atoms with Crippen molar-refractivity contribution in [2.75, 3.05) is 20.8 Å². The number of ether oxygens (including phenoxy) is 2. The van der Waals surface area contributed by atoms with Gasteiger partial charge in [-0.15, -0.1) is 0 Å². The molecule has 116 valence electrons. The third kappa shape index (κ3) is 3.09. The number of nitrogens with zero attached hydrogens (tertiary/aromatic N) is 1. The Balaban J connectivity index is 1.67. The molecule has 0 fully saturated rings. The summed E-state index contributed by atoms with van der Waals surface area (Å²) < 4.78 is 11.0. The van der Waals surface area contributed by atoms with E-state index >= 15 is 0 Å². The van der Waals surface area contributed by atoms with Gasteiger partial charge in [-0.25, -0.2) is 0 Å². The lowest BCUT2D eigenvalue weighted by atomic mass is 9.95. The molecule has 1 aromatic heterocycles. The number of rotatable bonds is 4. The number of benzene rings is 1. The van der Waals surface area contributed by atoms with Crippen LogP contribution in [-0.2, 0) is 17.8 Å². The first-order valence-corrected chi connectivity index (χ1v) is 8.17. The molecule has 2 aromatic rings. The van der Waals surface area contributed by atoms with Gasteiger partial charge in [-0.05, 0) is 40.4 Å². The molecule has 0 saturated carbocycles. The Kier molecular flexibility index (Phi) is 4.34. The zero-order chi connectivity index (χ0) is 15.5. The Hall–Kier alpha value is -2.01. The van der Waals surface area contributed by atoms with Crippen molar-refractivity contribution in [3.05, 3.63) is 46.2 Å². The first kappa shape index (κ1) is 14.9. The highest BCUT2D eigenvalue weighted by atomic mass is 32.1. The fourth-order valence-corrected chi connectivity index (χ4v) is 3.34. The molecular weight excluding hydrogens is 298 g/mol.